The third-order valence-electron chi connectivity index (χ3n) is 3.78. The number of rotatable bonds is 5. The summed E-state index contributed by atoms with van der Waals surface area (Å²) in [6.45, 7) is 1.88. The SMILES string of the molecule is COc1ccc(CC2(C(C)O)CC2)cc1OC. The smallest absolute Gasteiger partial charge is 0.160 e. The third-order valence-corrected chi connectivity index (χ3v) is 3.78. The van der Waals surface area contributed by atoms with Crippen LogP contribution < -0.4 is 9.47 Å². The lowest BCUT2D eigenvalue weighted by atomic mass is 9.91. The van der Waals surface area contributed by atoms with Crippen molar-refractivity contribution in [1.82, 2.24) is 0 Å². The van der Waals surface area contributed by atoms with Gasteiger partial charge >= 0.3 is 0 Å². The van der Waals surface area contributed by atoms with Crippen molar-refractivity contribution in [2.24, 2.45) is 5.41 Å². The van der Waals surface area contributed by atoms with Gasteiger partial charge in [0.15, 0.2) is 11.5 Å². The summed E-state index contributed by atoms with van der Waals surface area (Å²) in [7, 11) is 3.28. The first kappa shape index (κ1) is 12.2. The minimum absolute atomic E-state index is 0.0968. The highest BCUT2D eigenvalue weighted by Gasteiger charge is 2.46. The van der Waals surface area contributed by atoms with E-state index in [1.165, 1.54) is 5.56 Å². The number of aliphatic hydroxyl groups excluding tert-OH is 1. The molecule has 1 unspecified atom stereocenters. The Morgan fingerprint density at radius 2 is 1.88 bits per heavy atom. The Bertz CT molecular complexity index is 394. The van der Waals surface area contributed by atoms with E-state index in [1.54, 1.807) is 14.2 Å². The number of benzene rings is 1. The molecule has 1 aromatic rings. The molecule has 17 heavy (non-hydrogen) atoms. The van der Waals surface area contributed by atoms with Crippen LogP contribution in [0.15, 0.2) is 18.2 Å². The fraction of sp³-hybridized carbons (Fsp3) is 0.571. The summed E-state index contributed by atoms with van der Waals surface area (Å²) in [5.74, 6) is 1.50. The molecule has 94 valence electrons. The first-order valence-corrected chi connectivity index (χ1v) is 6.00. The predicted molar refractivity (Wildman–Crippen MR) is 66.6 cm³/mol. The average Bonchev–Trinajstić information content (AvgIpc) is 3.10. The summed E-state index contributed by atoms with van der Waals surface area (Å²) in [5, 5.41) is 9.78. The molecule has 3 nitrogen and oxygen atoms in total. The van der Waals surface area contributed by atoms with Crippen molar-refractivity contribution in [3.05, 3.63) is 23.8 Å². The van der Waals surface area contributed by atoms with Crippen LogP contribution in [0, 0.1) is 5.41 Å². The topological polar surface area (TPSA) is 38.7 Å². The van der Waals surface area contributed by atoms with Crippen molar-refractivity contribution < 1.29 is 14.6 Å². The van der Waals surface area contributed by atoms with Gasteiger partial charge in [0.2, 0.25) is 0 Å². The summed E-state index contributed by atoms with van der Waals surface area (Å²) in [6.07, 6.45) is 2.89. The molecular formula is C14H20O3. The van der Waals surface area contributed by atoms with E-state index in [-0.39, 0.29) is 11.5 Å². The van der Waals surface area contributed by atoms with Gasteiger partial charge in [-0.15, -0.1) is 0 Å². The lowest BCUT2D eigenvalue weighted by molar-refractivity contribution is 0.110. The van der Waals surface area contributed by atoms with Crippen molar-refractivity contribution >= 4 is 0 Å². The molecule has 0 radical (unpaired) electrons. The highest BCUT2D eigenvalue weighted by atomic mass is 16.5. The minimum Gasteiger partial charge on any atom is -0.493 e. The second kappa shape index (κ2) is 4.57. The van der Waals surface area contributed by atoms with Gasteiger partial charge in [-0.05, 0) is 43.9 Å². The van der Waals surface area contributed by atoms with Crippen LogP contribution in [0.3, 0.4) is 0 Å². The molecule has 1 atom stereocenters. The second-order valence-corrected chi connectivity index (χ2v) is 4.90. The van der Waals surface area contributed by atoms with E-state index in [4.69, 9.17) is 9.47 Å². The van der Waals surface area contributed by atoms with Crippen molar-refractivity contribution in [3.8, 4) is 11.5 Å². The van der Waals surface area contributed by atoms with Gasteiger partial charge < -0.3 is 14.6 Å². The Morgan fingerprint density at radius 3 is 2.35 bits per heavy atom. The number of hydrogen-bond donors (Lipinski definition) is 1. The Labute approximate surface area is 102 Å². The Morgan fingerprint density at radius 1 is 1.24 bits per heavy atom. The van der Waals surface area contributed by atoms with Crippen LogP contribution in [0.5, 0.6) is 11.5 Å². The molecule has 1 aromatic carbocycles. The lowest BCUT2D eigenvalue weighted by Crippen LogP contribution is -2.20. The minimum atomic E-state index is -0.240. The normalized spacial score (nSPS) is 18.6. The predicted octanol–water partition coefficient (Wildman–Crippen LogP) is 2.41. The summed E-state index contributed by atoms with van der Waals surface area (Å²) in [4.78, 5) is 0. The maximum Gasteiger partial charge on any atom is 0.160 e. The highest BCUT2D eigenvalue weighted by molar-refractivity contribution is 5.43. The lowest BCUT2D eigenvalue weighted by Gasteiger charge is -2.19. The van der Waals surface area contributed by atoms with Gasteiger partial charge in [0.25, 0.3) is 0 Å². The van der Waals surface area contributed by atoms with Crippen LogP contribution in [0.2, 0.25) is 0 Å². The summed E-state index contributed by atoms with van der Waals surface area (Å²) in [5.41, 5.74) is 1.29. The standard InChI is InChI=1S/C14H20O3/c1-10(15)14(6-7-14)9-11-4-5-12(16-2)13(8-11)17-3/h4-5,8,10,15H,6-7,9H2,1-3H3. The summed E-state index contributed by atoms with van der Waals surface area (Å²) in [6, 6.07) is 5.97. The van der Waals surface area contributed by atoms with Crippen LogP contribution in [0.25, 0.3) is 0 Å². The second-order valence-electron chi connectivity index (χ2n) is 4.90. The zero-order valence-electron chi connectivity index (χ0n) is 10.7. The van der Waals surface area contributed by atoms with Gasteiger partial charge in [-0.25, -0.2) is 0 Å². The number of hydrogen-bond acceptors (Lipinski definition) is 3. The zero-order valence-corrected chi connectivity index (χ0v) is 10.7. The van der Waals surface area contributed by atoms with E-state index in [9.17, 15) is 5.11 Å². The molecule has 0 aromatic heterocycles. The third kappa shape index (κ3) is 2.39. The van der Waals surface area contributed by atoms with Gasteiger partial charge in [0, 0.05) is 5.41 Å². The Kier molecular flexibility index (Phi) is 3.29. The number of ether oxygens (including phenoxy) is 2. The molecule has 1 aliphatic rings. The molecular weight excluding hydrogens is 216 g/mol. The van der Waals surface area contributed by atoms with E-state index in [1.807, 2.05) is 25.1 Å². The first-order chi connectivity index (χ1) is 8.11. The Hall–Kier alpha value is -1.22. The van der Waals surface area contributed by atoms with Gasteiger partial charge in [0.1, 0.15) is 0 Å². The van der Waals surface area contributed by atoms with E-state index in [0.717, 1.165) is 30.8 Å². The van der Waals surface area contributed by atoms with Gasteiger partial charge in [-0.1, -0.05) is 6.07 Å². The summed E-state index contributed by atoms with van der Waals surface area (Å²) < 4.78 is 10.5. The fourth-order valence-corrected chi connectivity index (χ4v) is 2.30. The molecule has 1 N–H and O–H groups in total. The van der Waals surface area contributed by atoms with Crippen LogP contribution >= 0.6 is 0 Å². The molecule has 0 bridgehead atoms. The fourth-order valence-electron chi connectivity index (χ4n) is 2.30. The van der Waals surface area contributed by atoms with E-state index in [0.29, 0.717) is 0 Å². The molecule has 0 spiro atoms. The molecule has 0 aliphatic heterocycles. The largest absolute Gasteiger partial charge is 0.493 e. The number of aliphatic hydroxyl groups is 1. The van der Waals surface area contributed by atoms with Crippen LogP contribution in [-0.2, 0) is 6.42 Å². The molecule has 1 saturated carbocycles. The molecule has 2 rings (SSSR count). The van der Waals surface area contributed by atoms with Crippen molar-refractivity contribution in [2.75, 3.05) is 14.2 Å². The maximum absolute atomic E-state index is 9.78. The van der Waals surface area contributed by atoms with Gasteiger partial charge in [-0.2, -0.15) is 0 Å². The first-order valence-electron chi connectivity index (χ1n) is 6.00. The maximum atomic E-state index is 9.78. The van der Waals surface area contributed by atoms with Crippen LogP contribution in [0.4, 0.5) is 0 Å². The van der Waals surface area contributed by atoms with Gasteiger partial charge in [-0.3, -0.25) is 0 Å². The monoisotopic (exact) mass is 236 g/mol. The average molecular weight is 236 g/mol. The molecule has 3 heteroatoms. The molecule has 0 amide bonds. The van der Waals surface area contributed by atoms with E-state index >= 15 is 0 Å². The summed E-state index contributed by atoms with van der Waals surface area (Å²) >= 11 is 0. The van der Waals surface area contributed by atoms with Crippen molar-refractivity contribution in [3.63, 3.8) is 0 Å². The zero-order chi connectivity index (χ0) is 12.5. The quantitative estimate of drug-likeness (QED) is 0.853. The van der Waals surface area contributed by atoms with E-state index < -0.39 is 0 Å². The highest BCUT2D eigenvalue weighted by Crippen LogP contribution is 2.51. The molecule has 0 heterocycles. The van der Waals surface area contributed by atoms with Crippen molar-refractivity contribution in [2.45, 2.75) is 32.3 Å². The van der Waals surface area contributed by atoms with Crippen LogP contribution in [-0.4, -0.2) is 25.4 Å². The number of methoxy groups -OCH3 is 2. The van der Waals surface area contributed by atoms with Crippen molar-refractivity contribution in [1.29, 1.82) is 0 Å². The molecule has 1 aliphatic carbocycles. The van der Waals surface area contributed by atoms with Gasteiger partial charge in [0.05, 0.1) is 20.3 Å². The van der Waals surface area contributed by atoms with Crippen LogP contribution in [0.1, 0.15) is 25.3 Å². The Balaban J connectivity index is 2.17. The van der Waals surface area contributed by atoms with E-state index in [2.05, 4.69) is 0 Å². The molecule has 1 fully saturated rings. The molecule has 0 saturated heterocycles.